The van der Waals surface area contributed by atoms with Crippen LogP contribution in [0.2, 0.25) is 0 Å². The molecular formula is C8H12N4O2. The van der Waals surface area contributed by atoms with Crippen molar-refractivity contribution in [1.29, 1.82) is 0 Å². The number of amides is 2. The van der Waals surface area contributed by atoms with Crippen LogP contribution in [0.25, 0.3) is 0 Å². The Morgan fingerprint density at radius 1 is 1.57 bits per heavy atom. The second kappa shape index (κ2) is 3.91. The van der Waals surface area contributed by atoms with Gasteiger partial charge in [0.1, 0.15) is 0 Å². The number of nitrogens with zero attached hydrogens (tertiary/aromatic N) is 2. The molecule has 0 radical (unpaired) electrons. The fraction of sp³-hybridized carbons (Fsp3) is 0.375. The van der Waals surface area contributed by atoms with Crippen LogP contribution in [0.15, 0.2) is 10.9 Å². The molecule has 0 atom stereocenters. The molecule has 0 bridgehead atoms. The van der Waals surface area contributed by atoms with E-state index in [-0.39, 0.29) is 17.5 Å². The molecular weight excluding hydrogens is 184 g/mol. The first kappa shape index (κ1) is 10.2. The van der Waals surface area contributed by atoms with Crippen molar-refractivity contribution in [3.63, 3.8) is 0 Å². The zero-order valence-corrected chi connectivity index (χ0v) is 8.29. The molecule has 14 heavy (non-hydrogen) atoms. The van der Waals surface area contributed by atoms with Gasteiger partial charge in [0.25, 0.3) is 5.56 Å². The highest BCUT2D eigenvalue weighted by atomic mass is 16.2. The number of aryl methyl sites for hydroxylation is 1. The van der Waals surface area contributed by atoms with Gasteiger partial charge in [0, 0.05) is 25.9 Å². The van der Waals surface area contributed by atoms with Gasteiger partial charge in [-0.1, -0.05) is 0 Å². The minimum atomic E-state index is -0.334. The van der Waals surface area contributed by atoms with E-state index < -0.39 is 0 Å². The maximum absolute atomic E-state index is 11.2. The minimum absolute atomic E-state index is 0.161. The Bertz CT molecular complexity index is 397. The molecule has 0 aliphatic carbocycles. The van der Waals surface area contributed by atoms with Crippen LogP contribution in [0, 0.1) is 6.92 Å². The average molecular weight is 196 g/mol. The van der Waals surface area contributed by atoms with Crippen molar-refractivity contribution in [3.05, 3.63) is 22.1 Å². The fourth-order valence-electron chi connectivity index (χ4n) is 0.851. The van der Waals surface area contributed by atoms with Gasteiger partial charge in [0.2, 0.25) is 5.95 Å². The molecule has 0 aromatic carbocycles. The van der Waals surface area contributed by atoms with Gasteiger partial charge in [0.05, 0.1) is 0 Å². The van der Waals surface area contributed by atoms with Crippen molar-refractivity contribution in [2.45, 2.75) is 6.92 Å². The van der Waals surface area contributed by atoms with Gasteiger partial charge >= 0.3 is 6.03 Å². The van der Waals surface area contributed by atoms with E-state index in [0.29, 0.717) is 5.69 Å². The Labute approximate surface area is 81.0 Å². The SMILES string of the molecule is Cc1cc(=O)[nH]c(NC(=O)N(C)C)n1. The number of hydrogen-bond acceptors (Lipinski definition) is 3. The van der Waals surface area contributed by atoms with Crippen molar-refractivity contribution in [2.24, 2.45) is 0 Å². The van der Waals surface area contributed by atoms with Crippen LogP contribution in [0.5, 0.6) is 0 Å². The highest BCUT2D eigenvalue weighted by Gasteiger charge is 2.05. The molecule has 1 aromatic rings. The summed E-state index contributed by atoms with van der Waals surface area (Å²) in [6.07, 6.45) is 0. The second-order valence-corrected chi connectivity index (χ2v) is 3.06. The van der Waals surface area contributed by atoms with Gasteiger partial charge in [-0.2, -0.15) is 0 Å². The van der Waals surface area contributed by atoms with E-state index in [1.54, 1.807) is 21.0 Å². The molecule has 0 aliphatic rings. The average Bonchev–Trinajstić information content (AvgIpc) is 2.01. The van der Waals surface area contributed by atoms with E-state index in [9.17, 15) is 9.59 Å². The van der Waals surface area contributed by atoms with E-state index >= 15 is 0 Å². The highest BCUT2D eigenvalue weighted by Crippen LogP contribution is 1.96. The van der Waals surface area contributed by atoms with Crippen LogP contribution in [-0.4, -0.2) is 35.0 Å². The van der Waals surface area contributed by atoms with Crippen LogP contribution in [0.4, 0.5) is 10.7 Å². The minimum Gasteiger partial charge on any atom is -0.331 e. The Kier molecular flexibility index (Phi) is 2.85. The first-order chi connectivity index (χ1) is 6.49. The number of H-pyrrole nitrogens is 1. The number of aromatic amines is 1. The van der Waals surface area contributed by atoms with E-state index in [0.717, 1.165) is 0 Å². The number of anilines is 1. The molecule has 1 aromatic heterocycles. The van der Waals surface area contributed by atoms with E-state index in [1.165, 1.54) is 11.0 Å². The lowest BCUT2D eigenvalue weighted by Gasteiger charge is -2.10. The van der Waals surface area contributed by atoms with Gasteiger partial charge in [-0.05, 0) is 6.92 Å². The van der Waals surface area contributed by atoms with E-state index in [1.807, 2.05) is 0 Å². The standard InChI is InChI=1S/C8H12N4O2/c1-5-4-6(13)10-7(9-5)11-8(14)12(2)3/h4H,1-3H3,(H2,9,10,11,13,14). The Balaban J connectivity index is 2.87. The molecule has 0 fully saturated rings. The van der Waals surface area contributed by atoms with Gasteiger partial charge in [0.15, 0.2) is 0 Å². The molecule has 1 rings (SSSR count). The molecule has 2 N–H and O–H groups in total. The van der Waals surface area contributed by atoms with Gasteiger partial charge < -0.3 is 4.90 Å². The first-order valence-corrected chi connectivity index (χ1v) is 4.05. The molecule has 0 unspecified atom stereocenters. The number of carbonyl (C=O) groups is 1. The lowest BCUT2D eigenvalue weighted by atomic mass is 10.4. The van der Waals surface area contributed by atoms with Crippen LogP contribution < -0.4 is 10.9 Å². The first-order valence-electron chi connectivity index (χ1n) is 4.05. The van der Waals surface area contributed by atoms with E-state index in [4.69, 9.17) is 0 Å². The molecule has 1 heterocycles. The largest absolute Gasteiger partial charge is 0.331 e. The molecule has 6 nitrogen and oxygen atoms in total. The lowest BCUT2D eigenvalue weighted by molar-refractivity contribution is 0.230. The molecule has 0 saturated carbocycles. The Hall–Kier alpha value is -1.85. The summed E-state index contributed by atoms with van der Waals surface area (Å²) in [6.45, 7) is 1.68. The van der Waals surface area contributed by atoms with Crippen molar-refractivity contribution < 1.29 is 4.79 Å². The molecule has 0 spiro atoms. The summed E-state index contributed by atoms with van der Waals surface area (Å²) in [5.74, 6) is 0.161. The molecule has 0 saturated heterocycles. The van der Waals surface area contributed by atoms with Crippen molar-refractivity contribution in [1.82, 2.24) is 14.9 Å². The predicted molar refractivity (Wildman–Crippen MR) is 52.3 cm³/mol. The van der Waals surface area contributed by atoms with Gasteiger partial charge in [-0.3, -0.25) is 15.1 Å². The Morgan fingerprint density at radius 3 is 2.71 bits per heavy atom. The number of carbonyl (C=O) groups excluding carboxylic acids is 1. The molecule has 76 valence electrons. The number of aromatic nitrogens is 2. The maximum atomic E-state index is 11.2. The molecule has 2 amide bonds. The van der Waals surface area contributed by atoms with E-state index in [2.05, 4.69) is 15.3 Å². The summed E-state index contributed by atoms with van der Waals surface area (Å²) >= 11 is 0. The van der Waals surface area contributed by atoms with Crippen molar-refractivity contribution >= 4 is 12.0 Å². The van der Waals surface area contributed by atoms with Crippen LogP contribution >= 0.6 is 0 Å². The normalized spacial score (nSPS) is 9.64. The third-order valence-electron chi connectivity index (χ3n) is 1.50. The lowest BCUT2D eigenvalue weighted by Crippen LogP contribution is -2.29. The number of urea groups is 1. The smallest absolute Gasteiger partial charge is 0.323 e. The number of nitrogens with one attached hydrogen (secondary N) is 2. The third kappa shape index (κ3) is 2.58. The third-order valence-corrected chi connectivity index (χ3v) is 1.50. The maximum Gasteiger partial charge on any atom is 0.323 e. The Morgan fingerprint density at radius 2 is 2.21 bits per heavy atom. The summed E-state index contributed by atoms with van der Waals surface area (Å²) in [5, 5.41) is 2.44. The summed E-state index contributed by atoms with van der Waals surface area (Å²) < 4.78 is 0. The van der Waals surface area contributed by atoms with Crippen molar-refractivity contribution in [2.75, 3.05) is 19.4 Å². The molecule has 6 heteroatoms. The number of rotatable bonds is 1. The summed E-state index contributed by atoms with van der Waals surface area (Å²) in [4.78, 5) is 29.9. The highest BCUT2D eigenvalue weighted by molar-refractivity contribution is 5.86. The quantitative estimate of drug-likeness (QED) is 0.672. The monoisotopic (exact) mass is 196 g/mol. The zero-order chi connectivity index (χ0) is 10.7. The zero-order valence-electron chi connectivity index (χ0n) is 8.29. The topological polar surface area (TPSA) is 78.1 Å². The second-order valence-electron chi connectivity index (χ2n) is 3.06. The fourth-order valence-corrected chi connectivity index (χ4v) is 0.851. The summed E-state index contributed by atoms with van der Waals surface area (Å²) in [5.41, 5.74) is 0.273. The molecule has 0 aliphatic heterocycles. The van der Waals surface area contributed by atoms with Gasteiger partial charge in [-0.15, -0.1) is 0 Å². The van der Waals surface area contributed by atoms with Crippen LogP contribution in [0.1, 0.15) is 5.69 Å². The summed E-state index contributed by atoms with van der Waals surface area (Å²) in [7, 11) is 3.20. The van der Waals surface area contributed by atoms with Crippen molar-refractivity contribution in [3.8, 4) is 0 Å². The van der Waals surface area contributed by atoms with Crippen LogP contribution in [0.3, 0.4) is 0 Å². The predicted octanol–water partition coefficient (Wildman–Crippen LogP) is 0.172. The van der Waals surface area contributed by atoms with Crippen LogP contribution in [-0.2, 0) is 0 Å². The number of hydrogen-bond donors (Lipinski definition) is 2. The van der Waals surface area contributed by atoms with Gasteiger partial charge in [-0.25, -0.2) is 9.78 Å². The summed E-state index contributed by atoms with van der Waals surface area (Å²) in [6, 6.07) is 1.02.